The molecule has 6 rings (SSSR count). The Morgan fingerprint density at radius 3 is 2.46 bits per heavy atom. The molecule has 2 amide bonds. The van der Waals surface area contributed by atoms with E-state index in [2.05, 4.69) is 20.7 Å². The van der Waals surface area contributed by atoms with Crippen molar-refractivity contribution < 1.29 is 32.2 Å². The van der Waals surface area contributed by atoms with Gasteiger partial charge >= 0.3 is 0 Å². The summed E-state index contributed by atoms with van der Waals surface area (Å²) in [6.45, 7) is 0.453. The van der Waals surface area contributed by atoms with E-state index < -0.39 is 41.2 Å². The topological polar surface area (TPSA) is 107 Å². The Morgan fingerprint density at radius 2 is 1.78 bits per heavy atom. The van der Waals surface area contributed by atoms with Gasteiger partial charge < -0.3 is 20.1 Å². The molecule has 0 bridgehead atoms. The molecular weight excluding hydrogens is 563 g/mol. The van der Waals surface area contributed by atoms with Crippen molar-refractivity contribution in [2.75, 3.05) is 18.5 Å². The summed E-state index contributed by atoms with van der Waals surface area (Å²) in [5, 5.41) is 8.97. The van der Waals surface area contributed by atoms with E-state index in [1.54, 1.807) is 36.4 Å². The standard InChI is InChI=1S/C28H19ClF3N5O4/c29-15-9-20(31)24(21(32)10-15)41-28-18(11-33-37(28)16-12-40-13-16)26(38)36-25-27(39)35-23-17(7-4-8-19(23)30)22(34-25)14-5-2-1-3-6-14/h1-11,16,25H,12-13H2,(H,35,39)(H,36,38)/t25-/m1/s1. The molecular formula is C28H19ClF3N5O4. The molecule has 1 fully saturated rings. The number of aromatic nitrogens is 2. The average molecular weight is 582 g/mol. The van der Waals surface area contributed by atoms with Crippen LogP contribution in [0.15, 0.2) is 71.9 Å². The SMILES string of the molecule is O=C(N[C@H]1N=C(c2ccccc2)c2cccc(F)c2NC1=O)c1cnn(C2COC2)c1Oc1c(F)cc(Cl)cc1F. The number of carbonyl (C=O) groups excluding carboxylic acids is 2. The van der Waals surface area contributed by atoms with Crippen molar-refractivity contribution in [1.29, 1.82) is 0 Å². The van der Waals surface area contributed by atoms with Gasteiger partial charge in [-0.15, -0.1) is 0 Å². The zero-order chi connectivity index (χ0) is 28.7. The normalized spacial score (nSPS) is 16.6. The molecule has 2 aliphatic rings. The van der Waals surface area contributed by atoms with Gasteiger partial charge in [-0.3, -0.25) is 9.59 Å². The number of rotatable bonds is 6. The predicted molar refractivity (Wildman–Crippen MR) is 142 cm³/mol. The number of benzene rings is 3. The number of benzodiazepines with no additional fused rings is 1. The highest BCUT2D eigenvalue weighted by atomic mass is 35.5. The number of amides is 2. The fraction of sp³-hybridized carbons (Fsp3) is 0.143. The minimum Gasteiger partial charge on any atom is -0.432 e. The van der Waals surface area contributed by atoms with Gasteiger partial charge in [0.1, 0.15) is 17.4 Å². The van der Waals surface area contributed by atoms with E-state index in [9.17, 15) is 22.8 Å². The maximum atomic E-state index is 14.8. The number of fused-ring (bicyclic) bond motifs is 1. The average Bonchev–Trinajstić information content (AvgIpc) is 3.25. The summed E-state index contributed by atoms with van der Waals surface area (Å²) in [5.41, 5.74) is 0.825. The van der Waals surface area contributed by atoms with Crippen molar-refractivity contribution in [3.05, 3.63) is 106 Å². The second-order valence-electron chi connectivity index (χ2n) is 9.17. The first-order valence-electron chi connectivity index (χ1n) is 12.3. The van der Waals surface area contributed by atoms with E-state index in [0.717, 1.165) is 18.3 Å². The van der Waals surface area contributed by atoms with E-state index in [0.29, 0.717) is 11.1 Å². The Balaban J connectivity index is 1.37. The number of anilines is 1. The summed E-state index contributed by atoms with van der Waals surface area (Å²) in [5.74, 6) is -5.66. The Bertz CT molecular complexity index is 1690. The number of carbonyl (C=O) groups is 2. The first-order valence-corrected chi connectivity index (χ1v) is 12.7. The first-order chi connectivity index (χ1) is 19.8. The summed E-state index contributed by atoms with van der Waals surface area (Å²) in [7, 11) is 0. The number of hydrogen-bond acceptors (Lipinski definition) is 6. The lowest BCUT2D eigenvalue weighted by Gasteiger charge is -2.27. The van der Waals surface area contributed by atoms with E-state index in [-0.39, 0.29) is 47.1 Å². The second-order valence-corrected chi connectivity index (χ2v) is 9.61. The first kappa shape index (κ1) is 26.5. The van der Waals surface area contributed by atoms with E-state index in [4.69, 9.17) is 21.1 Å². The lowest BCUT2D eigenvalue weighted by Crippen LogP contribution is -2.42. The Morgan fingerprint density at radius 1 is 1.05 bits per heavy atom. The summed E-state index contributed by atoms with van der Waals surface area (Å²) < 4.78 is 56.0. The molecule has 3 aromatic carbocycles. The van der Waals surface area contributed by atoms with Crippen molar-refractivity contribution in [2.24, 2.45) is 4.99 Å². The summed E-state index contributed by atoms with van der Waals surface area (Å²) in [6.07, 6.45) is -0.378. The molecule has 0 spiro atoms. The zero-order valence-electron chi connectivity index (χ0n) is 20.9. The third kappa shape index (κ3) is 5.03. The van der Waals surface area contributed by atoms with Crippen LogP contribution in [0.1, 0.15) is 27.5 Å². The molecule has 41 heavy (non-hydrogen) atoms. The van der Waals surface area contributed by atoms with Crippen LogP contribution in [0.2, 0.25) is 5.02 Å². The van der Waals surface area contributed by atoms with Crippen molar-refractivity contribution in [1.82, 2.24) is 15.1 Å². The number of halogens is 4. The van der Waals surface area contributed by atoms with Gasteiger partial charge in [0.2, 0.25) is 17.8 Å². The highest BCUT2D eigenvalue weighted by molar-refractivity contribution is 6.30. The van der Waals surface area contributed by atoms with E-state index in [1.807, 2.05) is 0 Å². The fourth-order valence-electron chi connectivity index (χ4n) is 4.38. The van der Waals surface area contributed by atoms with Gasteiger partial charge in [0, 0.05) is 16.1 Å². The Hall–Kier alpha value is -4.68. The quantitative estimate of drug-likeness (QED) is 0.338. The molecule has 1 atom stereocenters. The van der Waals surface area contributed by atoms with E-state index in [1.165, 1.54) is 16.8 Å². The molecule has 3 heterocycles. The van der Waals surface area contributed by atoms with Crippen LogP contribution in [-0.2, 0) is 9.53 Å². The second kappa shape index (κ2) is 10.7. The number of ether oxygens (including phenoxy) is 2. The van der Waals surface area contributed by atoms with Crippen molar-refractivity contribution in [3.63, 3.8) is 0 Å². The van der Waals surface area contributed by atoms with Crippen LogP contribution in [0.25, 0.3) is 0 Å². The Labute approximate surface area is 235 Å². The third-order valence-electron chi connectivity index (χ3n) is 6.46. The zero-order valence-corrected chi connectivity index (χ0v) is 21.7. The number of nitrogens with one attached hydrogen (secondary N) is 2. The van der Waals surface area contributed by atoms with Crippen molar-refractivity contribution in [2.45, 2.75) is 12.2 Å². The number of hydrogen-bond donors (Lipinski definition) is 2. The van der Waals surface area contributed by atoms with E-state index >= 15 is 0 Å². The van der Waals surface area contributed by atoms with Gasteiger partial charge in [0.05, 0.1) is 30.8 Å². The highest BCUT2D eigenvalue weighted by Gasteiger charge is 2.33. The maximum absolute atomic E-state index is 14.8. The minimum atomic E-state index is -1.52. The molecule has 2 aliphatic heterocycles. The minimum absolute atomic E-state index is 0.0904. The van der Waals surface area contributed by atoms with Crippen LogP contribution in [0.5, 0.6) is 11.6 Å². The summed E-state index contributed by atoms with van der Waals surface area (Å²) >= 11 is 5.73. The highest BCUT2D eigenvalue weighted by Crippen LogP contribution is 2.35. The molecule has 4 aromatic rings. The van der Waals surface area contributed by atoms with Gasteiger partial charge in [-0.25, -0.2) is 22.8 Å². The van der Waals surface area contributed by atoms with Crippen LogP contribution in [0.4, 0.5) is 18.9 Å². The molecule has 1 saturated heterocycles. The third-order valence-corrected chi connectivity index (χ3v) is 6.68. The van der Waals surface area contributed by atoms with Crippen LogP contribution in [0.3, 0.4) is 0 Å². The number of aliphatic imine (C=N–C) groups is 1. The lowest BCUT2D eigenvalue weighted by molar-refractivity contribution is -0.117. The fourth-order valence-corrected chi connectivity index (χ4v) is 4.57. The van der Waals surface area contributed by atoms with Gasteiger partial charge in [-0.05, 0) is 18.2 Å². The molecule has 208 valence electrons. The smallest absolute Gasteiger partial charge is 0.269 e. The summed E-state index contributed by atoms with van der Waals surface area (Å²) in [4.78, 5) is 31.2. The van der Waals surface area contributed by atoms with Crippen LogP contribution < -0.4 is 15.4 Å². The Kier molecular flexibility index (Phi) is 6.93. The maximum Gasteiger partial charge on any atom is 0.269 e. The van der Waals surface area contributed by atoms with Crippen LogP contribution in [0, 0.1) is 17.5 Å². The molecule has 0 aliphatic carbocycles. The molecule has 0 saturated carbocycles. The summed E-state index contributed by atoms with van der Waals surface area (Å²) in [6, 6.07) is 14.4. The molecule has 0 radical (unpaired) electrons. The monoisotopic (exact) mass is 581 g/mol. The molecule has 2 N–H and O–H groups in total. The van der Waals surface area contributed by atoms with Gasteiger partial charge in [0.15, 0.2) is 11.6 Å². The van der Waals surface area contributed by atoms with Crippen LogP contribution in [-0.4, -0.2) is 46.7 Å². The van der Waals surface area contributed by atoms with Crippen molar-refractivity contribution >= 4 is 34.8 Å². The lowest BCUT2D eigenvalue weighted by atomic mass is 10.0. The number of nitrogens with zero attached hydrogens (tertiary/aromatic N) is 3. The van der Waals surface area contributed by atoms with Gasteiger partial charge in [-0.1, -0.05) is 54.1 Å². The van der Waals surface area contributed by atoms with Gasteiger partial charge in [-0.2, -0.15) is 5.10 Å². The molecule has 9 nitrogen and oxygen atoms in total. The predicted octanol–water partition coefficient (Wildman–Crippen LogP) is 4.86. The van der Waals surface area contributed by atoms with Gasteiger partial charge in [0.25, 0.3) is 11.8 Å². The molecule has 1 aromatic heterocycles. The van der Waals surface area contributed by atoms with Crippen molar-refractivity contribution in [3.8, 4) is 11.6 Å². The largest absolute Gasteiger partial charge is 0.432 e. The molecule has 0 unspecified atom stereocenters. The number of para-hydroxylation sites is 1. The van der Waals surface area contributed by atoms with Crippen LogP contribution >= 0.6 is 11.6 Å². The molecule has 13 heteroatoms.